The maximum Gasteiger partial charge on any atom is 0.230 e. The molecule has 0 saturated carbocycles. The molecule has 0 aliphatic rings. The zero-order chi connectivity index (χ0) is 19.6. The first kappa shape index (κ1) is 17.1. The Labute approximate surface area is 167 Å². The van der Waals surface area contributed by atoms with Gasteiger partial charge in [0.05, 0.1) is 17.6 Å². The molecular formula is C24H18N4O. The van der Waals surface area contributed by atoms with Crippen LogP contribution in [0.15, 0.2) is 85.3 Å². The van der Waals surface area contributed by atoms with Crippen LogP contribution in [0, 0.1) is 0 Å². The number of hydrogen-bond donors (Lipinski definition) is 2. The molecule has 5 heteroatoms. The highest BCUT2D eigenvalue weighted by atomic mass is 16.1. The largest absolute Gasteiger partial charge is 0.354 e. The lowest BCUT2D eigenvalue weighted by atomic mass is 10.0. The molecular weight excluding hydrogens is 360 g/mol. The summed E-state index contributed by atoms with van der Waals surface area (Å²) in [6.45, 7) is 0. The number of para-hydroxylation sites is 3. The number of hydrogen-bond acceptors (Lipinski definition) is 3. The molecule has 140 valence electrons. The van der Waals surface area contributed by atoms with Crippen LogP contribution < -0.4 is 5.32 Å². The van der Waals surface area contributed by atoms with Gasteiger partial charge < -0.3 is 10.3 Å². The van der Waals surface area contributed by atoms with Gasteiger partial charge in [-0.1, -0.05) is 54.6 Å². The number of amides is 1. The Balaban J connectivity index is 1.55. The Morgan fingerprint density at radius 3 is 2.55 bits per heavy atom. The predicted molar refractivity (Wildman–Crippen MR) is 116 cm³/mol. The second-order valence-electron chi connectivity index (χ2n) is 6.87. The molecule has 0 bridgehead atoms. The highest BCUT2D eigenvalue weighted by Crippen LogP contribution is 2.36. The van der Waals surface area contributed by atoms with Gasteiger partial charge in [0.15, 0.2) is 0 Å². The Morgan fingerprint density at radius 1 is 0.862 bits per heavy atom. The topological polar surface area (TPSA) is 70.7 Å². The van der Waals surface area contributed by atoms with Gasteiger partial charge in [-0.3, -0.25) is 14.8 Å². The Morgan fingerprint density at radius 2 is 1.66 bits per heavy atom. The minimum Gasteiger partial charge on any atom is -0.354 e. The quantitative estimate of drug-likeness (QED) is 0.464. The van der Waals surface area contributed by atoms with Crippen molar-refractivity contribution in [1.82, 2.24) is 15.0 Å². The van der Waals surface area contributed by atoms with Crippen molar-refractivity contribution in [2.24, 2.45) is 0 Å². The molecule has 5 aromatic rings. The third-order valence-electron chi connectivity index (χ3n) is 4.99. The van der Waals surface area contributed by atoms with E-state index in [9.17, 15) is 4.79 Å². The number of H-pyrrole nitrogens is 1. The summed E-state index contributed by atoms with van der Waals surface area (Å²) in [6, 6.07) is 22.4. The maximum atomic E-state index is 12.6. The Kier molecular flexibility index (Phi) is 4.26. The molecule has 0 atom stereocenters. The van der Waals surface area contributed by atoms with Gasteiger partial charge in [0.2, 0.25) is 5.91 Å². The summed E-state index contributed by atoms with van der Waals surface area (Å²) in [5, 5.41) is 5.39. The van der Waals surface area contributed by atoms with E-state index in [0.717, 1.165) is 27.8 Å². The second kappa shape index (κ2) is 7.20. The molecule has 0 saturated heterocycles. The first-order chi connectivity index (χ1) is 14.3. The van der Waals surface area contributed by atoms with Crippen molar-refractivity contribution in [2.45, 2.75) is 6.42 Å². The van der Waals surface area contributed by atoms with E-state index >= 15 is 0 Å². The van der Waals surface area contributed by atoms with Crippen molar-refractivity contribution >= 4 is 33.4 Å². The maximum absolute atomic E-state index is 12.6. The summed E-state index contributed by atoms with van der Waals surface area (Å²) < 4.78 is 0. The molecule has 3 aromatic carbocycles. The summed E-state index contributed by atoms with van der Waals surface area (Å²) in [6.07, 6.45) is 4.97. The molecule has 0 aliphatic heterocycles. The standard InChI is InChI=1S/C24H18N4O/c29-23(14-16-15-25-12-13-26-16)27-21-10-3-1-6-17(21)19-8-5-9-20-18-7-2-4-11-22(18)28-24(19)20/h1-13,15,28H,14H2,(H,27,29). The number of aromatic nitrogens is 3. The molecule has 2 heterocycles. The van der Waals surface area contributed by atoms with E-state index in [2.05, 4.69) is 50.6 Å². The van der Waals surface area contributed by atoms with Gasteiger partial charge in [-0.05, 0) is 12.1 Å². The lowest BCUT2D eigenvalue weighted by Gasteiger charge is -2.12. The van der Waals surface area contributed by atoms with Gasteiger partial charge in [-0.25, -0.2) is 0 Å². The fourth-order valence-electron chi connectivity index (χ4n) is 3.70. The normalized spacial score (nSPS) is 11.0. The molecule has 2 aromatic heterocycles. The van der Waals surface area contributed by atoms with E-state index in [4.69, 9.17) is 0 Å². The van der Waals surface area contributed by atoms with Crippen molar-refractivity contribution in [2.75, 3.05) is 5.32 Å². The summed E-state index contributed by atoms with van der Waals surface area (Å²) in [7, 11) is 0. The van der Waals surface area contributed by atoms with Crippen molar-refractivity contribution in [1.29, 1.82) is 0 Å². The number of aromatic amines is 1. The monoisotopic (exact) mass is 378 g/mol. The van der Waals surface area contributed by atoms with E-state index < -0.39 is 0 Å². The second-order valence-corrected chi connectivity index (χ2v) is 6.87. The van der Waals surface area contributed by atoms with E-state index in [0.29, 0.717) is 5.69 Å². The molecule has 5 nitrogen and oxygen atoms in total. The minimum absolute atomic E-state index is 0.123. The van der Waals surface area contributed by atoms with Crippen LogP contribution in [0.4, 0.5) is 5.69 Å². The van der Waals surface area contributed by atoms with Crippen LogP contribution in [0.25, 0.3) is 32.9 Å². The third kappa shape index (κ3) is 3.23. The number of rotatable bonds is 4. The molecule has 5 rings (SSSR count). The van der Waals surface area contributed by atoms with E-state index in [1.807, 2.05) is 36.4 Å². The van der Waals surface area contributed by atoms with E-state index in [1.165, 1.54) is 10.8 Å². The number of benzene rings is 3. The Bertz CT molecular complexity index is 1320. The summed E-state index contributed by atoms with van der Waals surface area (Å²) >= 11 is 0. The van der Waals surface area contributed by atoms with Crippen LogP contribution in [0.2, 0.25) is 0 Å². The van der Waals surface area contributed by atoms with Crippen molar-refractivity contribution in [3.63, 3.8) is 0 Å². The van der Waals surface area contributed by atoms with E-state index in [-0.39, 0.29) is 12.3 Å². The molecule has 0 spiro atoms. The average Bonchev–Trinajstić information content (AvgIpc) is 3.14. The summed E-state index contributed by atoms with van der Waals surface area (Å²) in [4.78, 5) is 24.3. The summed E-state index contributed by atoms with van der Waals surface area (Å²) in [5.41, 5.74) is 5.59. The van der Waals surface area contributed by atoms with Gasteiger partial charge in [0.1, 0.15) is 0 Å². The molecule has 0 unspecified atom stereocenters. The number of anilines is 1. The van der Waals surface area contributed by atoms with Crippen LogP contribution in [-0.4, -0.2) is 20.9 Å². The molecule has 1 amide bonds. The van der Waals surface area contributed by atoms with Crippen molar-refractivity contribution in [3.05, 3.63) is 91.0 Å². The van der Waals surface area contributed by atoms with Crippen molar-refractivity contribution < 1.29 is 4.79 Å². The Hall–Kier alpha value is -3.99. The number of nitrogens with one attached hydrogen (secondary N) is 2. The number of fused-ring (bicyclic) bond motifs is 3. The molecule has 0 radical (unpaired) electrons. The SMILES string of the molecule is O=C(Cc1cnccn1)Nc1ccccc1-c1cccc2c1[nH]c1ccccc12. The summed E-state index contributed by atoms with van der Waals surface area (Å²) in [5.74, 6) is -0.123. The number of carbonyl (C=O) groups is 1. The predicted octanol–water partition coefficient (Wildman–Crippen LogP) is 4.96. The first-order valence-corrected chi connectivity index (χ1v) is 9.43. The molecule has 2 N–H and O–H groups in total. The molecule has 0 fully saturated rings. The van der Waals surface area contributed by atoms with Crippen LogP contribution >= 0.6 is 0 Å². The van der Waals surface area contributed by atoms with Crippen molar-refractivity contribution in [3.8, 4) is 11.1 Å². The minimum atomic E-state index is -0.123. The smallest absolute Gasteiger partial charge is 0.230 e. The fourth-order valence-corrected chi connectivity index (χ4v) is 3.70. The zero-order valence-corrected chi connectivity index (χ0v) is 15.6. The number of carbonyl (C=O) groups excluding carboxylic acids is 1. The van der Waals surface area contributed by atoms with Gasteiger partial charge in [-0.2, -0.15) is 0 Å². The van der Waals surface area contributed by atoms with Crippen LogP contribution in [0.1, 0.15) is 5.69 Å². The molecule has 29 heavy (non-hydrogen) atoms. The lowest BCUT2D eigenvalue weighted by molar-refractivity contribution is -0.115. The first-order valence-electron chi connectivity index (χ1n) is 9.43. The lowest BCUT2D eigenvalue weighted by Crippen LogP contribution is -2.15. The highest BCUT2D eigenvalue weighted by molar-refractivity contribution is 6.13. The average molecular weight is 378 g/mol. The molecule has 0 aliphatic carbocycles. The van der Waals surface area contributed by atoms with Gasteiger partial charge in [0, 0.05) is 51.7 Å². The van der Waals surface area contributed by atoms with Crippen LogP contribution in [0.3, 0.4) is 0 Å². The van der Waals surface area contributed by atoms with E-state index in [1.54, 1.807) is 18.6 Å². The van der Waals surface area contributed by atoms with Gasteiger partial charge in [0.25, 0.3) is 0 Å². The van der Waals surface area contributed by atoms with Crippen LogP contribution in [0.5, 0.6) is 0 Å². The fraction of sp³-hybridized carbons (Fsp3) is 0.0417. The third-order valence-corrected chi connectivity index (χ3v) is 4.99. The van der Waals surface area contributed by atoms with Gasteiger partial charge in [-0.15, -0.1) is 0 Å². The zero-order valence-electron chi connectivity index (χ0n) is 15.6. The highest BCUT2D eigenvalue weighted by Gasteiger charge is 2.14. The van der Waals surface area contributed by atoms with Crippen LogP contribution in [-0.2, 0) is 11.2 Å². The number of nitrogens with zero attached hydrogens (tertiary/aromatic N) is 2. The van der Waals surface area contributed by atoms with Gasteiger partial charge >= 0.3 is 0 Å².